The molecule has 5 heteroatoms. The van der Waals surface area contributed by atoms with E-state index in [-0.39, 0.29) is 23.8 Å². The molecular weight excluding hydrogens is 220 g/mol. The first-order valence-corrected chi connectivity index (χ1v) is 5.92. The second-order valence-electron chi connectivity index (χ2n) is 5.09. The Morgan fingerprint density at radius 3 is 2.59 bits per heavy atom. The molecule has 1 aliphatic rings. The fourth-order valence-corrected chi connectivity index (χ4v) is 2.65. The molecule has 0 saturated carbocycles. The van der Waals surface area contributed by atoms with Crippen LogP contribution in [0.25, 0.3) is 0 Å². The number of carbonyl (C=O) groups excluding carboxylic acids is 2. The summed E-state index contributed by atoms with van der Waals surface area (Å²) in [6.45, 7) is 7.60. The van der Waals surface area contributed by atoms with Crippen molar-refractivity contribution >= 4 is 11.9 Å². The number of likely N-dealkylation sites (N-methyl/N-ethyl adjacent to an activating group) is 2. The summed E-state index contributed by atoms with van der Waals surface area (Å²) in [5.74, 6) is -0.343. The third kappa shape index (κ3) is 2.77. The molecule has 1 heterocycles. The fourth-order valence-electron chi connectivity index (χ4n) is 2.65. The number of hydrogen-bond acceptors (Lipinski definition) is 4. The molecule has 0 aromatic heterocycles. The van der Waals surface area contributed by atoms with Gasteiger partial charge in [0.05, 0.1) is 13.5 Å². The summed E-state index contributed by atoms with van der Waals surface area (Å²) in [6.07, 6.45) is 0.122. The Balaban J connectivity index is 2.94. The number of hydrogen-bond donors (Lipinski definition) is 0. The highest BCUT2D eigenvalue weighted by Gasteiger charge is 2.43. The molecule has 1 unspecified atom stereocenters. The predicted octanol–water partition coefficient (Wildman–Crippen LogP) is 0.491. The van der Waals surface area contributed by atoms with Gasteiger partial charge in [-0.05, 0) is 20.4 Å². The molecule has 1 fully saturated rings. The van der Waals surface area contributed by atoms with Crippen molar-refractivity contribution in [3.05, 3.63) is 0 Å². The first-order chi connectivity index (χ1) is 7.83. The Bertz CT molecular complexity index is 315. The van der Waals surface area contributed by atoms with E-state index in [2.05, 4.69) is 23.5 Å². The molecule has 17 heavy (non-hydrogen) atoms. The van der Waals surface area contributed by atoms with E-state index >= 15 is 0 Å². The van der Waals surface area contributed by atoms with Gasteiger partial charge in [0, 0.05) is 19.1 Å². The minimum Gasteiger partial charge on any atom is -0.469 e. The first kappa shape index (κ1) is 14.0. The van der Waals surface area contributed by atoms with Crippen LogP contribution in [0.5, 0.6) is 0 Å². The molecule has 0 N–H and O–H groups in total. The molecular formula is C12H22N2O3. The Morgan fingerprint density at radius 2 is 2.12 bits per heavy atom. The van der Waals surface area contributed by atoms with E-state index in [1.807, 2.05) is 6.92 Å². The highest BCUT2D eigenvalue weighted by molar-refractivity contribution is 5.87. The molecule has 0 aromatic rings. The van der Waals surface area contributed by atoms with E-state index in [1.165, 1.54) is 7.11 Å². The van der Waals surface area contributed by atoms with E-state index in [0.29, 0.717) is 6.54 Å². The second-order valence-corrected chi connectivity index (χ2v) is 5.09. The molecule has 1 atom stereocenters. The molecule has 5 nitrogen and oxygen atoms in total. The maximum atomic E-state index is 12.1. The summed E-state index contributed by atoms with van der Waals surface area (Å²) >= 11 is 0. The van der Waals surface area contributed by atoms with E-state index < -0.39 is 6.04 Å². The average Bonchev–Trinajstić information content (AvgIpc) is 2.24. The molecule has 98 valence electrons. The van der Waals surface area contributed by atoms with Crippen molar-refractivity contribution in [3.63, 3.8) is 0 Å². The van der Waals surface area contributed by atoms with Crippen LogP contribution in [0.3, 0.4) is 0 Å². The third-order valence-electron chi connectivity index (χ3n) is 3.37. The Kier molecular flexibility index (Phi) is 4.14. The summed E-state index contributed by atoms with van der Waals surface area (Å²) < 4.78 is 4.66. The minimum absolute atomic E-state index is 0.00317. The number of amides is 1. The van der Waals surface area contributed by atoms with Crippen molar-refractivity contribution in [1.82, 2.24) is 9.80 Å². The molecule has 1 saturated heterocycles. The zero-order valence-corrected chi connectivity index (χ0v) is 11.3. The van der Waals surface area contributed by atoms with Crippen molar-refractivity contribution in [3.8, 4) is 0 Å². The van der Waals surface area contributed by atoms with Gasteiger partial charge in [0.25, 0.3) is 0 Å². The fraction of sp³-hybridized carbons (Fsp3) is 0.833. The normalized spacial score (nSPS) is 24.9. The highest BCUT2D eigenvalue weighted by Crippen LogP contribution is 2.26. The highest BCUT2D eigenvalue weighted by atomic mass is 16.5. The third-order valence-corrected chi connectivity index (χ3v) is 3.37. The lowest BCUT2D eigenvalue weighted by Crippen LogP contribution is -2.65. The largest absolute Gasteiger partial charge is 0.469 e. The van der Waals surface area contributed by atoms with Crippen molar-refractivity contribution in [2.45, 2.75) is 38.8 Å². The van der Waals surface area contributed by atoms with Gasteiger partial charge in [0.2, 0.25) is 5.91 Å². The Hall–Kier alpha value is -1.10. The predicted molar refractivity (Wildman–Crippen MR) is 64.5 cm³/mol. The monoisotopic (exact) mass is 242 g/mol. The SMILES string of the molecule is CCN1C(CC(=O)OC)C(=O)N(C)CC1(C)C. The van der Waals surface area contributed by atoms with Crippen LogP contribution >= 0.6 is 0 Å². The van der Waals surface area contributed by atoms with Gasteiger partial charge in [-0.3, -0.25) is 14.5 Å². The van der Waals surface area contributed by atoms with Crippen LogP contribution in [0.2, 0.25) is 0 Å². The standard InChI is InChI=1S/C12H22N2O3/c1-6-14-9(7-10(15)17-5)11(16)13(4)8-12(14,2)3/h9H,6-8H2,1-5H3. The van der Waals surface area contributed by atoms with E-state index in [1.54, 1.807) is 11.9 Å². The maximum absolute atomic E-state index is 12.1. The number of nitrogens with zero attached hydrogens (tertiary/aromatic N) is 2. The number of ether oxygens (including phenoxy) is 1. The van der Waals surface area contributed by atoms with Crippen LogP contribution in [0.15, 0.2) is 0 Å². The zero-order chi connectivity index (χ0) is 13.2. The second kappa shape index (κ2) is 5.04. The van der Waals surface area contributed by atoms with Crippen LogP contribution in [0.4, 0.5) is 0 Å². The molecule has 0 bridgehead atoms. The van der Waals surface area contributed by atoms with Gasteiger partial charge >= 0.3 is 5.97 Å². The van der Waals surface area contributed by atoms with E-state index in [9.17, 15) is 9.59 Å². The van der Waals surface area contributed by atoms with Crippen molar-refractivity contribution in [2.75, 3.05) is 27.2 Å². The maximum Gasteiger partial charge on any atom is 0.307 e. The summed E-state index contributed by atoms with van der Waals surface area (Å²) in [7, 11) is 3.13. The molecule has 1 amide bonds. The summed E-state index contributed by atoms with van der Waals surface area (Å²) in [4.78, 5) is 27.3. The quantitative estimate of drug-likeness (QED) is 0.676. The lowest BCUT2D eigenvalue weighted by Gasteiger charge is -2.49. The number of rotatable bonds is 3. The van der Waals surface area contributed by atoms with Crippen LogP contribution < -0.4 is 0 Å². The van der Waals surface area contributed by atoms with Crippen LogP contribution in [-0.4, -0.2) is 60.5 Å². The minimum atomic E-state index is -0.402. The average molecular weight is 242 g/mol. The van der Waals surface area contributed by atoms with Gasteiger partial charge in [-0.25, -0.2) is 0 Å². The summed E-state index contributed by atoms with van der Waals surface area (Å²) in [5, 5.41) is 0. The number of piperazine rings is 1. The zero-order valence-electron chi connectivity index (χ0n) is 11.3. The van der Waals surface area contributed by atoms with Gasteiger partial charge < -0.3 is 9.64 Å². The molecule has 1 aliphatic heterocycles. The molecule has 0 aromatic carbocycles. The van der Waals surface area contributed by atoms with Gasteiger partial charge in [0.15, 0.2) is 0 Å². The summed E-state index contributed by atoms with van der Waals surface area (Å²) in [5.41, 5.74) is -0.115. The molecule has 1 rings (SSSR count). The van der Waals surface area contributed by atoms with Gasteiger partial charge in [-0.15, -0.1) is 0 Å². The first-order valence-electron chi connectivity index (χ1n) is 5.92. The van der Waals surface area contributed by atoms with Gasteiger partial charge in [0.1, 0.15) is 6.04 Å². The molecule has 0 spiro atoms. The lowest BCUT2D eigenvalue weighted by atomic mass is 9.93. The number of esters is 1. The van der Waals surface area contributed by atoms with Crippen LogP contribution in [-0.2, 0) is 14.3 Å². The molecule has 0 aliphatic carbocycles. The van der Waals surface area contributed by atoms with Crippen LogP contribution in [0.1, 0.15) is 27.2 Å². The topological polar surface area (TPSA) is 49.9 Å². The lowest BCUT2D eigenvalue weighted by molar-refractivity contribution is -0.155. The van der Waals surface area contributed by atoms with Crippen molar-refractivity contribution in [2.24, 2.45) is 0 Å². The Morgan fingerprint density at radius 1 is 1.53 bits per heavy atom. The van der Waals surface area contributed by atoms with Gasteiger partial charge in [-0.1, -0.05) is 6.92 Å². The van der Waals surface area contributed by atoms with E-state index in [0.717, 1.165) is 6.54 Å². The van der Waals surface area contributed by atoms with Gasteiger partial charge in [-0.2, -0.15) is 0 Å². The Labute approximate surface area is 103 Å². The number of methoxy groups -OCH3 is 1. The summed E-state index contributed by atoms with van der Waals surface area (Å²) in [6, 6.07) is -0.402. The van der Waals surface area contributed by atoms with Crippen molar-refractivity contribution < 1.29 is 14.3 Å². The van der Waals surface area contributed by atoms with Crippen LogP contribution in [0, 0.1) is 0 Å². The number of carbonyl (C=O) groups is 2. The smallest absolute Gasteiger partial charge is 0.307 e. The van der Waals surface area contributed by atoms with E-state index in [4.69, 9.17) is 0 Å². The van der Waals surface area contributed by atoms with Crippen molar-refractivity contribution in [1.29, 1.82) is 0 Å². The molecule has 0 radical (unpaired) electrons.